The van der Waals surface area contributed by atoms with Gasteiger partial charge >= 0.3 is 21.7 Å². The van der Waals surface area contributed by atoms with Crippen LogP contribution in [-0.4, -0.2) is 44.6 Å². The van der Waals surface area contributed by atoms with Crippen LogP contribution in [-0.2, 0) is 26.1 Å². The van der Waals surface area contributed by atoms with Crippen molar-refractivity contribution in [3.05, 3.63) is 29.8 Å². The Morgan fingerprint density at radius 3 is 2.07 bits per heavy atom. The van der Waals surface area contributed by atoms with Crippen LogP contribution >= 0.6 is 0 Å². The SMILES string of the molecule is CNC(=O)C(Cc1ccc(OS(=O)(=O)C(F)(F)F)cc1)NC(=O)OC(C)(C)C. The Balaban J connectivity index is 2.88. The Bertz CT molecular complexity index is 801. The molecule has 1 unspecified atom stereocenters. The van der Waals surface area contributed by atoms with Gasteiger partial charge in [-0.3, -0.25) is 4.79 Å². The normalized spacial score (nSPS) is 13.4. The zero-order valence-electron chi connectivity index (χ0n) is 15.6. The Kier molecular flexibility index (Phi) is 7.29. The van der Waals surface area contributed by atoms with E-state index >= 15 is 0 Å². The van der Waals surface area contributed by atoms with Crippen molar-refractivity contribution in [3.8, 4) is 5.75 Å². The lowest BCUT2D eigenvalue weighted by Crippen LogP contribution is -2.48. The predicted molar refractivity (Wildman–Crippen MR) is 93.0 cm³/mol. The van der Waals surface area contributed by atoms with Gasteiger partial charge in [-0.25, -0.2) is 4.79 Å². The van der Waals surface area contributed by atoms with Gasteiger partial charge in [-0.2, -0.15) is 21.6 Å². The van der Waals surface area contributed by atoms with Crippen LogP contribution in [0.3, 0.4) is 0 Å². The zero-order chi connectivity index (χ0) is 21.8. The van der Waals surface area contributed by atoms with E-state index in [1.165, 1.54) is 19.2 Å². The van der Waals surface area contributed by atoms with Gasteiger partial charge in [-0.1, -0.05) is 12.1 Å². The van der Waals surface area contributed by atoms with Crippen LogP contribution in [0.15, 0.2) is 24.3 Å². The third-order valence-electron chi connectivity index (χ3n) is 3.11. The van der Waals surface area contributed by atoms with E-state index in [4.69, 9.17) is 4.74 Å². The highest BCUT2D eigenvalue weighted by Gasteiger charge is 2.48. The molecule has 0 bridgehead atoms. The first-order valence-electron chi connectivity index (χ1n) is 7.95. The number of alkyl halides is 3. The summed E-state index contributed by atoms with van der Waals surface area (Å²) in [6, 6.07) is 3.53. The molecular weight excluding hydrogens is 405 g/mol. The zero-order valence-corrected chi connectivity index (χ0v) is 16.4. The molecule has 8 nitrogen and oxygen atoms in total. The molecule has 0 spiro atoms. The lowest BCUT2D eigenvalue weighted by molar-refractivity contribution is -0.122. The van der Waals surface area contributed by atoms with E-state index in [2.05, 4.69) is 14.8 Å². The highest BCUT2D eigenvalue weighted by Crippen LogP contribution is 2.27. The summed E-state index contributed by atoms with van der Waals surface area (Å²) in [5.41, 5.74) is -5.89. The van der Waals surface area contributed by atoms with Crippen LogP contribution in [0.1, 0.15) is 26.3 Å². The number of nitrogens with one attached hydrogen (secondary N) is 2. The lowest BCUT2D eigenvalue weighted by Gasteiger charge is -2.23. The van der Waals surface area contributed by atoms with Gasteiger partial charge in [0.25, 0.3) is 0 Å². The monoisotopic (exact) mass is 426 g/mol. The molecule has 0 aliphatic rings. The van der Waals surface area contributed by atoms with Gasteiger partial charge in [0.2, 0.25) is 5.91 Å². The lowest BCUT2D eigenvalue weighted by atomic mass is 10.1. The molecule has 0 saturated carbocycles. The van der Waals surface area contributed by atoms with Gasteiger partial charge in [-0.05, 0) is 38.5 Å². The Hall–Kier alpha value is -2.50. The van der Waals surface area contributed by atoms with Crippen molar-refractivity contribution < 1.29 is 40.1 Å². The molecule has 1 aromatic carbocycles. The molecule has 0 fully saturated rings. The van der Waals surface area contributed by atoms with Gasteiger partial charge in [-0.15, -0.1) is 0 Å². The average molecular weight is 426 g/mol. The van der Waals surface area contributed by atoms with Crippen LogP contribution in [0.2, 0.25) is 0 Å². The van der Waals surface area contributed by atoms with Crippen molar-refractivity contribution in [1.82, 2.24) is 10.6 Å². The molecule has 0 aliphatic heterocycles. The summed E-state index contributed by atoms with van der Waals surface area (Å²) in [7, 11) is -4.41. The van der Waals surface area contributed by atoms with Gasteiger partial charge < -0.3 is 19.6 Å². The maximum Gasteiger partial charge on any atom is 0.534 e. The average Bonchev–Trinajstić information content (AvgIpc) is 2.52. The summed E-state index contributed by atoms with van der Waals surface area (Å²) in [6.45, 7) is 4.94. The maximum absolute atomic E-state index is 12.3. The van der Waals surface area contributed by atoms with Crippen molar-refractivity contribution in [3.63, 3.8) is 0 Å². The maximum atomic E-state index is 12.3. The second-order valence-corrected chi connectivity index (χ2v) is 8.18. The van der Waals surface area contributed by atoms with Crippen LogP contribution < -0.4 is 14.8 Å². The molecule has 28 heavy (non-hydrogen) atoms. The summed E-state index contributed by atoms with van der Waals surface area (Å²) in [6.07, 6.45) is -0.845. The quantitative estimate of drug-likeness (QED) is 0.532. The third kappa shape index (κ3) is 7.25. The molecule has 0 aromatic heterocycles. The number of benzene rings is 1. The van der Waals surface area contributed by atoms with Gasteiger partial charge in [0.05, 0.1) is 0 Å². The number of likely N-dealkylation sites (N-methyl/N-ethyl adjacent to an activating group) is 1. The first-order valence-corrected chi connectivity index (χ1v) is 9.36. The number of hydrogen-bond donors (Lipinski definition) is 2. The summed E-state index contributed by atoms with van der Waals surface area (Å²) in [4.78, 5) is 23.8. The highest BCUT2D eigenvalue weighted by atomic mass is 32.2. The number of rotatable bonds is 6. The summed E-state index contributed by atoms with van der Waals surface area (Å²) in [5, 5.41) is 4.77. The number of halogens is 3. The Labute approximate surface area is 160 Å². The van der Waals surface area contributed by atoms with E-state index in [0.717, 1.165) is 12.1 Å². The second kappa shape index (κ2) is 8.67. The van der Waals surface area contributed by atoms with Crippen molar-refractivity contribution in [2.24, 2.45) is 0 Å². The number of hydrogen-bond acceptors (Lipinski definition) is 6. The molecule has 1 rings (SSSR count). The van der Waals surface area contributed by atoms with Crippen molar-refractivity contribution in [2.75, 3.05) is 7.05 Å². The van der Waals surface area contributed by atoms with E-state index < -0.39 is 45.0 Å². The molecule has 0 saturated heterocycles. The minimum absolute atomic E-state index is 0.0226. The van der Waals surface area contributed by atoms with Gasteiger partial charge in [0, 0.05) is 13.5 Å². The minimum Gasteiger partial charge on any atom is -0.444 e. The first kappa shape index (κ1) is 23.5. The second-order valence-electron chi connectivity index (χ2n) is 6.64. The number of carbonyl (C=O) groups is 2. The van der Waals surface area contributed by atoms with E-state index in [0.29, 0.717) is 5.56 Å². The fraction of sp³-hybridized carbons (Fsp3) is 0.500. The van der Waals surface area contributed by atoms with Crippen LogP contribution in [0, 0.1) is 0 Å². The van der Waals surface area contributed by atoms with Crippen molar-refractivity contribution in [2.45, 2.75) is 44.3 Å². The number of ether oxygens (including phenoxy) is 1. The standard InChI is InChI=1S/C16H21F3N2O6S/c1-15(2,3)26-14(23)21-12(13(22)20-4)9-10-5-7-11(8-6-10)27-28(24,25)16(17,18)19/h5-8,12H,9H2,1-4H3,(H,20,22)(H,21,23). The molecule has 1 atom stereocenters. The third-order valence-corrected chi connectivity index (χ3v) is 4.09. The van der Waals surface area contributed by atoms with Crippen LogP contribution in [0.5, 0.6) is 5.75 Å². The number of carbonyl (C=O) groups excluding carboxylic acids is 2. The number of amides is 2. The summed E-state index contributed by atoms with van der Waals surface area (Å²) < 4.78 is 68.0. The number of alkyl carbamates (subject to hydrolysis) is 1. The highest BCUT2D eigenvalue weighted by molar-refractivity contribution is 7.88. The van der Waals surface area contributed by atoms with Crippen molar-refractivity contribution >= 4 is 22.1 Å². The fourth-order valence-corrected chi connectivity index (χ4v) is 2.38. The molecule has 1 aromatic rings. The van der Waals surface area contributed by atoms with Crippen LogP contribution in [0.4, 0.5) is 18.0 Å². The largest absolute Gasteiger partial charge is 0.534 e. The smallest absolute Gasteiger partial charge is 0.444 e. The van der Waals surface area contributed by atoms with Gasteiger partial charge in [0.15, 0.2) is 0 Å². The summed E-state index contributed by atoms with van der Waals surface area (Å²) in [5.74, 6) is -1.07. The molecule has 2 amide bonds. The fourth-order valence-electron chi connectivity index (χ4n) is 1.92. The van der Waals surface area contributed by atoms with E-state index in [1.54, 1.807) is 20.8 Å². The predicted octanol–water partition coefficient (Wildman–Crippen LogP) is 2.10. The molecule has 0 heterocycles. The topological polar surface area (TPSA) is 111 Å². The van der Waals surface area contributed by atoms with E-state index in [9.17, 15) is 31.2 Å². The van der Waals surface area contributed by atoms with Gasteiger partial charge in [0.1, 0.15) is 17.4 Å². The molecule has 158 valence electrons. The molecule has 0 aliphatic carbocycles. The minimum atomic E-state index is -5.78. The van der Waals surface area contributed by atoms with Crippen molar-refractivity contribution in [1.29, 1.82) is 0 Å². The molecule has 2 N–H and O–H groups in total. The Morgan fingerprint density at radius 2 is 1.64 bits per heavy atom. The summed E-state index contributed by atoms with van der Waals surface area (Å²) >= 11 is 0. The molecular formula is C16H21F3N2O6S. The Morgan fingerprint density at radius 1 is 1.11 bits per heavy atom. The van der Waals surface area contributed by atoms with E-state index in [-0.39, 0.29) is 6.42 Å². The van der Waals surface area contributed by atoms with Crippen LogP contribution in [0.25, 0.3) is 0 Å². The molecule has 12 heteroatoms. The first-order chi connectivity index (χ1) is 12.6. The van der Waals surface area contributed by atoms with E-state index in [1.807, 2.05) is 0 Å². The molecule has 0 radical (unpaired) electrons.